The van der Waals surface area contributed by atoms with Crippen LogP contribution >= 0.6 is 0 Å². The van der Waals surface area contributed by atoms with E-state index in [2.05, 4.69) is 46.8 Å². The number of carbonyl (C=O) groups excluding carboxylic acids is 1. The first-order valence-electron chi connectivity index (χ1n) is 8.45. The predicted molar refractivity (Wildman–Crippen MR) is 95.2 cm³/mol. The van der Waals surface area contributed by atoms with Gasteiger partial charge in [0.15, 0.2) is 0 Å². The molecule has 1 rings (SSSR count). The molecule has 2 atom stereocenters. The molecule has 1 N–H and O–H groups in total. The van der Waals surface area contributed by atoms with Gasteiger partial charge in [-0.2, -0.15) is 0 Å². The lowest BCUT2D eigenvalue weighted by atomic mass is 9.64. The fourth-order valence-electron chi connectivity index (χ4n) is 3.30. The summed E-state index contributed by atoms with van der Waals surface area (Å²) in [7, 11) is 1.37. The van der Waals surface area contributed by atoms with Gasteiger partial charge in [0, 0.05) is 6.42 Å². The maximum absolute atomic E-state index is 11.9. The molecule has 3 nitrogen and oxygen atoms in total. The Labute approximate surface area is 141 Å². The molecule has 0 unspecified atom stereocenters. The van der Waals surface area contributed by atoms with Crippen molar-refractivity contribution in [1.29, 1.82) is 0 Å². The van der Waals surface area contributed by atoms with Gasteiger partial charge in [0.25, 0.3) is 0 Å². The molecule has 23 heavy (non-hydrogen) atoms. The molecule has 0 aliphatic heterocycles. The highest BCUT2D eigenvalue weighted by molar-refractivity contribution is 5.89. The van der Waals surface area contributed by atoms with Crippen LogP contribution in [0.3, 0.4) is 0 Å². The third kappa shape index (κ3) is 5.56. The van der Waals surface area contributed by atoms with E-state index in [1.165, 1.54) is 18.3 Å². The summed E-state index contributed by atoms with van der Waals surface area (Å²) in [5.41, 5.74) is 3.06. The van der Waals surface area contributed by atoms with Crippen LogP contribution in [-0.2, 0) is 9.53 Å². The largest absolute Gasteiger partial charge is 0.512 e. The van der Waals surface area contributed by atoms with Gasteiger partial charge in [-0.05, 0) is 64.7 Å². The van der Waals surface area contributed by atoms with E-state index in [0.29, 0.717) is 24.3 Å². The van der Waals surface area contributed by atoms with Crippen LogP contribution < -0.4 is 0 Å². The number of hydrogen-bond acceptors (Lipinski definition) is 3. The Balaban J connectivity index is 3.04. The van der Waals surface area contributed by atoms with Crippen molar-refractivity contribution in [3.63, 3.8) is 0 Å². The van der Waals surface area contributed by atoms with Gasteiger partial charge in [0.2, 0.25) is 0 Å². The first kappa shape index (κ1) is 19.5. The molecule has 0 aromatic carbocycles. The van der Waals surface area contributed by atoms with Crippen molar-refractivity contribution >= 4 is 5.97 Å². The van der Waals surface area contributed by atoms with Crippen molar-refractivity contribution in [1.82, 2.24) is 0 Å². The Morgan fingerprint density at radius 2 is 1.87 bits per heavy atom. The molecule has 0 fully saturated rings. The molecule has 0 spiro atoms. The minimum atomic E-state index is -0.393. The number of esters is 1. The molecule has 0 bridgehead atoms. The smallest absolute Gasteiger partial charge is 0.337 e. The Bertz CT molecular complexity index is 517. The van der Waals surface area contributed by atoms with Crippen LogP contribution in [0.4, 0.5) is 0 Å². The number of methoxy groups -OCH3 is 1. The SMILES string of the molecule is COC(=O)C1=C(O)C[C@](C)(CCC=C(C)C)[C@@H](CC=C(C)C)C1. The van der Waals surface area contributed by atoms with E-state index >= 15 is 0 Å². The van der Waals surface area contributed by atoms with E-state index in [-0.39, 0.29) is 11.2 Å². The summed E-state index contributed by atoms with van der Waals surface area (Å²) in [4.78, 5) is 11.9. The van der Waals surface area contributed by atoms with Crippen LogP contribution in [0.1, 0.15) is 66.7 Å². The fourth-order valence-corrected chi connectivity index (χ4v) is 3.30. The first-order valence-corrected chi connectivity index (χ1v) is 8.45. The number of hydrogen-bond donors (Lipinski definition) is 1. The zero-order chi connectivity index (χ0) is 17.6. The van der Waals surface area contributed by atoms with Gasteiger partial charge in [-0.3, -0.25) is 0 Å². The summed E-state index contributed by atoms with van der Waals surface area (Å²) in [5.74, 6) is 0.161. The third-order valence-corrected chi connectivity index (χ3v) is 4.87. The van der Waals surface area contributed by atoms with Gasteiger partial charge >= 0.3 is 5.97 Å². The predicted octanol–water partition coefficient (Wildman–Crippen LogP) is 5.49. The minimum absolute atomic E-state index is 0.000491. The maximum Gasteiger partial charge on any atom is 0.337 e. The average molecular weight is 320 g/mol. The van der Waals surface area contributed by atoms with Crippen LogP contribution in [0.5, 0.6) is 0 Å². The summed E-state index contributed by atoms with van der Waals surface area (Å²) in [6, 6.07) is 0. The molecule has 1 aliphatic carbocycles. The van der Waals surface area contributed by atoms with E-state index in [1.807, 2.05) is 0 Å². The lowest BCUT2D eigenvalue weighted by Crippen LogP contribution is -2.34. The monoisotopic (exact) mass is 320 g/mol. The number of rotatable bonds is 6. The maximum atomic E-state index is 11.9. The van der Waals surface area contributed by atoms with E-state index in [4.69, 9.17) is 4.74 Å². The molecule has 0 saturated carbocycles. The fraction of sp³-hybridized carbons (Fsp3) is 0.650. The molecule has 0 heterocycles. The third-order valence-electron chi connectivity index (χ3n) is 4.87. The molecule has 0 aromatic heterocycles. The highest BCUT2D eigenvalue weighted by Crippen LogP contribution is 2.48. The van der Waals surface area contributed by atoms with Crippen LogP contribution in [0.25, 0.3) is 0 Å². The minimum Gasteiger partial charge on any atom is -0.512 e. The molecule has 130 valence electrons. The van der Waals surface area contributed by atoms with Crippen molar-refractivity contribution in [2.75, 3.05) is 7.11 Å². The molecule has 0 saturated heterocycles. The average Bonchev–Trinajstić information content (AvgIpc) is 2.44. The topological polar surface area (TPSA) is 46.5 Å². The number of aliphatic hydroxyl groups excluding tert-OH is 1. The molecular formula is C20H32O3. The summed E-state index contributed by atoms with van der Waals surface area (Å²) in [6.45, 7) is 10.6. The molecule has 1 aliphatic rings. The quantitative estimate of drug-likeness (QED) is 0.520. The number of aliphatic hydroxyl groups is 1. The molecule has 0 aromatic rings. The van der Waals surface area contributed by atoms with Crippen LogP contribution in [0, 0.1) is 11.3 Å². The van der Waals surface area contributed by atoms with Gasteiger partial charge < -0.3 is 9.84 Å². The van der Waals surface area contributed by atoms with Crippen molar-refractivity contribution < 1.29 is 14.6 Å². The Morgan fingerprint density at radius 3 is 2.39 bits per heavy atom. The lowest BCUT2D eigenvalue weighted by molar-refractivity contribution is -0.137. The van der Waals surface area contributed by atoms with Crippen molar-refractivity contribution in [2.45, 2.75) is 66.7 Å². The van der Waals surface area contributed by atoms with Crippen molar-refractivity contribution in [3.8, 4) is 0 Å². The molecular weight excluding hydrogens is 288 g/mol. The highest BCUT2D eigenvalue weighted by Gasteiger charge is 2.40. The van der Waals surface area contributed by atoms with Gasteiger partial charge in [0.1, 0.15) is 5.76 Å². The van der Waals surface area contributed by atoms with Gasteiger partial charge in [-0.25, -0.2) is 4.79 Å². The van der Waals surface area contributed by atoms with Gasteiger partial charge in [0.05, 0.1) is 12.7 Å². The van der Waals surface area contributed by atoms with E-state index in [9.17, 15) is 9.90 Å². The van der Waals surface area contributed by atoms with E-state index < -0.39 is 5.97 Å². The highest BCUT2D eigenvalue weighted by atomic mass is 16.5. The zero-order valence-corrected chi connectivity index (χ0v) is 15.5. The Kier molecular flexibility index (Phi) is 7.11. The number of allylic oxidation sites excluding steroid dienone is 5. The zero-order valence-electron chi connectivity index (χ0n) is 15.5. The number of ether oxygens (including phenoxy) is 1. The van der Waals surface area contributed by atoms with Gasteiger partial charge in [-0.15, -0.1) is 0 Å². The molecule has 0 amide bonds. The van der Waals surface area contributed by atoms with Crippen LogP contribution in [0.2, 0.25) is 0 Å². The summed E-state index contributed by atoms with van der Waals surface area (Å²) in [6.07, 6.45) is 8.58. The summed E-state index contributed by atoms with van der Waals surface area (Å²) < 4.78 is 4.83. The second-order valence-electron chi connectivity index (χ2n) is 7.49. The van der Waals surface area contributed by atoms with Crippen LogP contribution in [-0.4, -0.2) is 18.2 Å². The van der Waals surface area contributed by atoms with Gasteiger partial charge in [-0.1, -0.05) is 30.2 Å². The van der Waals surface area contributed by atoms with E-state index in [0.717, 1.165) is 19.3 Å². The Morgan fingerprint density at radius 1 is 1.26 bits per heavy atom. The summed E-state index contributed by atoms with van der Waals surface area (Å²) in [5, 5.41) is 10.4. The molecule has 0 radical (unpaired) electrons. The second kappa shape index (κ2) is 8.37. The Hall–Kier alpha value is -1.51. The van der Waals surface area contributed by atoms with Crippen LogP contribution in [0.15, 0.2) is 34.6 Å². The van der Waals surface area contributed by atoms with Crippen molar-refractivity contribution in [3.05, 3.63) is 34.6 Å². The van der Waals surface area contributed by atoms with E-state index in [1.54, 1.807) is 0 Å². The lowest BCUT2D eigenvalue weighted by Gasteiger charge is -2.41. The normalized spacial score (nSPS) is 24.2. The van der Waals surface area contributed by atoms with Crippen molar-refractivity contribution in [2.24, 2.45) is 11.3 Å². The summed E-state index contributed by atoms with van der Waals surface area (Å²) >= 11 is 0. The molecule has 3 heteroatoms. The standard InChI is InChI=1S/C20H32O3/c1-14(2)8-7-11-20(5)13-18(21)17(19(22)23-6)12-16(20)10-9-15(3)4/h8-9,16,21H,7,10-13H2,1-6H3/t16-,20-/m0/s1. The first-order chi connectivity index (χ1) is 10.7. The second-order valence-corrected chi connectivity index (χ2v) is 7.49. The number of carbonyl (C=O) groups is 1.